The van der Waals surface area contributed by atoms with Crippen LogP contribution in [-0.2, 0) is 6.18 Å². The van der Waals surface area contributed by atoms with Crippen molar-refractivity contribution in [1.29, 1.82) is 0 Å². The first kappa shape index (κ1) is 13.4. The number of nitro benzene ring substituents is 1. The van der Waals surface area contributed by atoms with Crippen molar-refractivity contribution in [3.63, 3.8) is 0 Å². The highest BCUT2D eigenvalue weighted by Gasteiger charge is 2.33. The number of halogens is 3. The Labute approximate surface area is 93.8 Å². The summed E-state index contributed by atoms with van der Waals surface area (Å²) in [5.41, 5.74) is 2.94. The van der Waals surface area contributed by atoms with E-state index in [9.17, 15) is 28.4 Å². The van der Waals surface area contributed by atoms with Crippen LogP contribution in [0.2, 0.25) is 0 Å². The van der Waals surface area contributed by atoms with E-state index < -0.39 is 28.5 Å². The fourth-order valence-electron chi connectivity index (χ4n) is 1.23. The van der Waals surface area contributed by atoms with Crippen LogP contribution in [0, 0.1) is 10.1 Å². The van der Waals surface area contributed by atoms with Crippen LogP contribution in [0.25, 0.3) is 0 Å². The monoisotopic (exact) mass is 250 g/mol. The van der Waals surface area contributed by atoms with E-state index in [0.717, 1.165) is 6.07 Å². The summed E-state index contributed by atoms with van der Waals surface area (Å²) in [6.45, 7) is -0.321. The Morgan fingerprint density at radius 3 is 2.41 bits per heavy atom. The molecule has 3 N–H and O–H groups in total. The van der Waals surface area contributed by atoms with Gasteiger partial charge in [0.05, 0.1) is 16.6 Å². The van der Waals surface area contributed by atoms with Crippen LogP contribution in [0.1, 0.15) is 17.2 Å². The van der Waals surface area contributed by atoms with Gasteiger partial charge in [0.1, 0.15) is 0 Å². The molecule has 0 amide bonds. The number of aliphatic hydroxyl groups is 1. The molecule has 1 atom stereocenters. The summed E-state index contributed by atoms with van der Waals surface area (Å²) >= 11 is 0. The Kier molecular flexibility index (Phi) is 3.69. The summed E-state index contributed by atoms with van der Waals surface area (Å²) < 4.78 is 37.3. The highest BCUT2D eigenvalue weighted by atomic mass is 19.4. The second-order valence-corrected chi connectivity index (χ2v) is 3.32. The molecule has 0 saturated carbocycles. The third kappa shape index (κ3) is 3.14. The van der Waals surface area contributed by atoms with E-state index in [0.29, 0.717) is 12.1 Å². The van der Waals surface area contributed by atoms with Crippen LogP contribution in [0.15, 0.2) is 18.2 Å². The number of hydrogen-bond acceptors (Lipinski definition) is 4. The second kappa shape index (κ2) is 4.68. The molecule has 0 unspecified atom stereocenters. The molecule has 17 heavy (non-hydrogen) atoms. The Balaban J connectivity index is 3.34. The summed E-state index contributed by atoms with van der Waals surface area (Å²) in [4.78, 5) is 9.51. The first-order chi connectivity index (χ1) is 7.75. The van der Waals surface area contributed by atoms with Gasteiger partial charge in [-0.2, -0.15) is 13.2 Å². The minimum atomic E-state index is -4.71. The van der Waals surface area contributed by atoms with Crippen molar-refractivity contribution in [2.45, 2.75) is 12.3 Å². The van der Waals surface area contributed by atoms with E-state index in [4.69, 9.17) is 5.73 Å². The molecular formula is C9H9F3N2O3. The highest BCUT2D eigenvalue weighted by Crippen LogP contribution is 2.33. The number of nitro groups is 1. The minimum absolute atomic E-state index is 0.228. The molecule has 0 radical (unpaired) electrons. The zero-order valence-corrected chi connectivity index (χ0v) is 8.44. The van der Waals surface area contributed by atoms with Gasteiger partial charge in [0, 0.05) is 18.7 Å². The molecule has 0 aliphatic rings. The lowest BCUT2D eigenvalue weighted by molar-refractivity contribution is -0.385. The fourth-order valence-corrected chi connectivity index (χ4v) is 1.23. The summed E-state index contributed by atoms with van der Waals surface area (Å²) in [6.07, 6.45) is -6.08. The molecule has 0 fully saturated rings. The summed E-state index contributed by atoms with van der Waals surface area (Å²) in [6, 6.07) is 1.92. The van der Waals surface area contributed by atoms with Gasteiger partial charge < -0.3 is 10.8 Å². The van der Waals surface area contributed by atoms with Crippen molar-refractivity contribution in [2.75, 3.05) is 6.54 Å². The predicted molar refractivity (Wildman–Crippen MR) is 52.1 cm³/mol. The van der Waals surface area contributed by atoms with E-state index in [-0.39, 0.29) is 12.1 Å². The molecule has 5 nitrogen and oxygen atoms in total. The maximum Gasteiger partial charge on any atom is 0.416 e. The lowest BCUT2D eigenvalue weighted by Gasteiger charge is -2.12. The second-order valence-electron chi connectivity index (χ2n) is 3.32. The number of alkyl halides is 3. The largest absolute Gasteiger partial charge is 0.416 e. The molecule has 0 saturated heterocycles. The molecule has 1 aromatic rings. The van der Waals surface area contributed by atoms with Crippen LogP contribution in [0.3, 0.4) is 0 Å². The minimum Gasteiger partial charge on any atom is -0.387 e. The first-order valence-electron chi connectivity index (χ1n) is 4.50. The molecule has 1 rings (SSSR count). The molecule has 0 aliphatic heterocycles. The van der Waals surface area contributed by atoms with Gasteiger partial charge >= 0.3 is 6.18 Å². The third-order valence-electron chi connectivity index (χ3n) is 2.09. The Morgan fingerprint density at radius 2 is 2.00 bits per heavy atom. The van der Waals surface area contributed by atoms with Crippen LogP contribution < -0.4 is 5.73 Å². The zero-order chi connectivity index (χ0) is 13.2. The average molecular weight is 250 g/mol. The van der Waals surface area contributed by atoms with E-state index >= 15 is 0 Å². The number of nitrogens with two attached hydrogens (primary N) is 1. The Hall–Kier alpha value is -1.67. The number of non-ortho nitro benzene ring substituents is 1. The number of benzene rings is 1. The van der Waals surface area contributed by atoms with Crippen molar-refractivity contribution in [2.24, 2.45) is 5.73 Å². The van der Waals surface area contributed by atoms with Crippen molar-refractivity contribution in [3.05, 3.63) is 39.4 Å². The predicted octanol–water partition coefficient (Wildman–Crippen LogP) is 1.61. The summed E-state index contributed by atoms with van der Waals surface area (Å²) in [5.74, 6) is 0. The van der Waals surface area contributed by atoms with Gasteiger partial charge in [-0.1, -0.05) is 0 Å². The SMILES string of the molecule is NC[C@H](O)c1cc([N+](=O)[O-])cc(C(F)(F)F)c1. The molecule has 0 aliphatic carbocycles. The van der Waals surface area contributed by atoms with Crippen molar-refractivity contribution in [3.8, 4) is 0 Å². The van der Waals surface area contributed by atoms with E-state index in [2.05, 4.69) is 0 Å². The van der Waals surface area contributed by atoms with Gasteiger partial charge in [0.25, 0.3) is 5.69 Å². The molecule has 94 valence electrons. The highest BCUT2D eigenvalue weighted by molar-refractivity contribution is 5.41. The Morgan fingerprint density at radius 1 is 1.41 bits per heavy atom. The van der Waals surface area contributed by atoms with E-state index in [1.54, 1.807) is 0 Å². The van der Waals surface area contributed by atoms with Gasteiger partial charge in [0.15, 0.2) is 0 Å². The van der Waals surface area contributed by atoms with Crippen LogP contribution in [-0.4, -0.2) is 16.6 Å². The quantitative estimate of drug-likeness (QED) is 0.629. The van der Waals surface area contributed by atoms with Crippen LogP contribution in [0.4, 0.5) is 18.9 Å². The van der Waals surface area contributed by atoms with E-state index in [1.165, 1.54) is 0 Å². The summed E-state index contributed by atoms with van der Waals surface area (Å²) in [7, 11) is 0. The normalized spacial score (nSPS) is 13.5. The van der Waals surface area contributed by atoms with Crippen molar-refractivity contribution >= 4 is 5.69 Å². The number of hydrogen-bond donors (Lipinski definition) is 2. The van der Waals surface area contributed by atoms with Gasteiger partial charge in [-0.25, -0.2) is 0 Å². The third-order valence-corrected chi connectivity index (χ3v) is 2.09. The Bertz CT molecular complexity index is 434. The molecule has 0 bridgehead atoms. The standard InChI is InChI=1S/C9H9F3N2O3/c10-9(11,12)6-1-5(8(15)4-13)2-7(3-6)14(16)17/h1-3,8,15H,4,13H2/t8-/m0/s1. The van der Waals surface area contributed by atoms with E-state index in [1.807, 2.05) is 0 Å². The van der Waals surface area contributed by atoms with Crippen LogP contribution in [0.5, 0.6) is 0 Å². The zero-order valence-electron chi connectivity index (χ0n) is 8.44. The maximum atomic E-state index is 12.4. The number of nitrogens with zero attached hydrogens (tertiary/aromatic N) is 1. The van der Waals surface area contributed by atoms with Gasteiger partial charge in [-0.3, -0.25) is 10.1 Å². The smallest absolute Gasteiger partial charge is 0.387 e. The van der Waals surface area contributed by atoms with Gasteiger partial charge in [-0.15, -0.1) is 0 Å². The molecule has 0 heterocycles. The molecule has 0 spiro atoms. The van der Waals surface area contributed by atoms with Crippen LogP contribution >= 0.6 is 0 Å². The fraction of sp³-hybridized carbons (Fsp3) is 0.333. The van der Waals surface area contributed by atoms with Crippen molar-refractivity contribution < 1.29 is 23.2 Å². The first-order valence-corrected chi connectivity index (χ1v) is 4.50. The molecular weight excluding hydrogens is 241 g/mol. The number of aliphatic hydroxyl groups excluding tert-OH is 1. The lowest BCUT2D eigenvalue weighted by atomic mass is 10.0. The molecule has 1 aromatic carbocycles. The van der Waals surface area contributed by atoms with Gasteiger partial charge in [0.2, 0.25) is 0 Å². The maximum absolute atomic E-state index is 12.4. The summed E-state index contributed by atoms with van der Waals surface area (Å²) in [5, 5.41) is 19.8. The number of rotatable bonds is 3. The lowest BCUT2D eigenvalue weighted by Crippen LogP contribution is -2.14. The molecule has 8 heteroatoms. The van der Waals surface area contributed by atoms with Gasteiger partial charge in [-0.05, 0) is 11.6 Å². The topological polar surface area (TPSA) is 89.4 Å². The molecule has 0 aromatic heterocycles. The average Bonchev–Trinajstić information content (AvgIpc) is 2.26. The van der Waals surface area contributed by atoms with Crippen molar-refractivity contribution in [1.82, 2.24) is 0 Å².